The zero-order valence-corrected chi connectivity index (χ0v) is 10.3. The fourth-order valence-corrected chi connectivity index (χ4v) is 2.44. The summed E-state index contributed by atoms with van der Waals surface area (Å²) in [6, 6.07) is 7.84. The van der Waals surface area contributed by atoms with Crippen molar-refractivity contribution in [3.8, 4) is 17.1 Å². The van der Waals surface area contributed by atoms with Crippen molar-refractivity contribution in [2.75, 3.05) is 7.11 Å². The summed E-state index contributed by atoms with van der Waals surface area (Å²) in [6.07, 6.45) is 2.04. The molecule has 5 nitrogen and oxygen atoms in total. The highest BCUT2D eigenvalue weighted by Gasteiger charge is 2.23. The molecule has 3 rings (SSSR count). The van der Waals surface area contributed by atoms with Gasteiger partial charge < -0.3 is 15.0 Å². The van der Waals surface area contributed by atoms with Gasteiger partial charge in [-0.2, -0.15) is 0 Å². The van der Waals surface area contributed by atoms with Crippen molar-refractivity contribution in [1.82, 2.24) is 14.8 Å². The van der Waals surface area contributed by atoms with Crippen LogP contribution in [0.1, 0.15) is 24.7 Å². The first-order valence-corrected chi connectivity index (χ1v) is 6.13. The van der Waals surface area contributed by atoms with Crippen LogP contribution in [0.5, 0.6) is 5.75 Å². The number of nitrogens with two attached hydrogens (primary N) is 1. The van der Waals surface area contributed by atoms with Crippen molar-refractivity contribution < 1.29 is 4.74 Å². The minimum atomic E-state index is -0.00490. The molecule has 0 aliphatic carbocycles. The van der Waals surface area contributed by atoms with Gasteiger partial charge in [0, 0.05) is 6.54 Å². The average Bonchev–Trinajstić information content (AvgIpc) is 2.84. The third kappa shape index (κ3) is 1.67. The molecule has 0 saturated carbocycles. The predicted octanol–water partition coefficient (Wildman–Crippen LogP) is 1.75. The standard InChI is InChI=1S/C13H16N4O/c1-18-11-7-3-2-5-9(11)12-15-16-13-10(14)6-4-8-17(12)13/h2-3,5,7,10H,4,6,8,14H2,1H3. The summed E-state index contributed by atoms with van der Waals surface area (Å²) >= 11 is 0. The van der Waals surface area contributed by atoms with Gasteiger partial charge in [0.2, 0.25) is 0 Å². The Balaban J connectivity index is 2.13. The second kappa shape index (κ2) is 4.42. The normalized spacial score (nSPS) is 18.4. The molecule has 2 heterocycles. The summed E-state index contributed by atoms with van der Waals surface area (Å²) < 4.78 is 7.48. The third-order valence-electron chi connectivity index (χ3n) is 3.36. The van der Waals surface area contributed by atoms with E-state index in [2.05, 4.69) is 14.8 Å². The number of fused-ring (bicyclic) bond motifs is 1. The summed E-state index contributed by atoms with van der Waals surface area (Å²) in [6.45, 7) is 0.920. The highest BCUT2D eigenvalue weighted by molar-refractivity contribution is 5.64. The quantitative estimate of drug-likeness (QED) is 0.874. The molecule has 94 valence electrons. The van der Waals surface area contributed by atoms with E-state index >= 15 is 0 Å². The second-order valence-electron chi connectivity index (χ2n) is 4.48. The van der Waals surface area contributed by atoms with Crippen molar-refractivity contribution in [3.63, 3.8) is 0 Å². The maximum Gasteiger partial charge on any atom is 0.167 e. The van der Waals surface area contributed by atoms with Crippen molar-refractivity contribution in [3.05, 3.63) is 30.1 Å². The number of hydrogen-bond donors (Lipinski definition) is 1. The number of rotatable bonds is 2. The SMILES string of the molecule is COc1ccccc1-c1nnc2n1CCCC2N. The highest BCUT2D eigenvalue weighted by atomic mass is 16.5. The molecular formula is C13H16N4O. The number of aromatic nitrogens is 3. The van der Waals surface area contributed by atoms with Gasteiger partial charge in [-0.25, -0.2) is 0 Å². The third-order valence-corrected chi connectivity index (χ3v) is 3.36. The van der Waals surface area contributed by atoms with Gasteiger partial charge in [0.25, 0.3) is 0 Å². The lowest BCUT2D eigenvalue weighted by Gasteiger charge is -2.20. The first-order valence-electron chi connectivity index (χ1n) is 6.13. The van der Waals surface area contributed by atoms with Crippen LogP contribution in [0.2, 0.25) is 0 Å². The van der Waals surface area contributed by atoms with Crippen LogP contribution >= 0.6 is 0 Å². The van der Waals surface area contributed by atoms with Gasteiger partial charge in [-0.3, -0.25) is 0 Å². The van der Waals surface area contributed by atoms with Crippen LogP contribution in [0.3, 0.4) is 0 Å². The van der Waals surface area contributed by atoms with Gasteiger partial charge in [-0.05, 0) is 25.0 Å². The fourth-order valence-electron chi connectivity index (χ4n) is 2.44. The topological polar surface area (TPSA) is 66.0 Å². The van der Waals surface area contributed by atoms with Crippen molar-refractivity contribution in [2.24, 2.45) is 5.73 Å². The van der Waals surface area contributed by atoms with E-state index in [4.69, 9.17) is 10.5 Å². The lowest BCUT2D eigenvalue weighted by Crippen LogP contribution is -2.22. The van der Waals surface area contributed by atoms with Gasteiger partial charge >= 0.3 is 0 Å². The summed E-state index contributed by atoms with van der Waals surface area (Å²) in [5, 5.41) is 8.50. The number of hydrogen-bond acceptors (Lipinski definition) is 4. The molecule has 0 spiro atoms. The Bertz CT molecular complexity index is 564. The Morgan fingerprint density at radius 2 is 2.17 bits per heavy atom. The Labute approximate surface area is 106 Å². The number of methoxy groups -OCH3 is 1. The molecule has 0 bridgehead atoms. The molecule has 2 N–H and O–H groups in total. The Morgan fingerprint density at radius 3 is 3.00 bits per heavy atom. The molecule has 18 heavy (non-hydrogen) atoms. The molecule has 1 unspecified atom stereocenters. The summed E-state index contributed by atoms with van der Waals surface area (Å²) in [5.41, 5.74) is 7.02. The van der Waals surface area contributed by atoms with Gasteiger partial charge in [0.15, 0.2) is 5.82 Å². The molecule has 0 saturated heterocycles. The van der Waals surface area contributed by atoms with E-state index in [1.165, 1.54) is 0 Å². The molecule has 1 aliphatic rings. The van der Waals surface area contributed by atoms with E-state index in [9.17, 15) is 0 Å². The van der Waals surface area contributed by atoms with Crippen LogP contribution in [0, 0.1) is 0 Å². The maximum atomic E-state index is 6.05. The molecule has 1 aromatic carbocycles. The van der Waals surface area contributed by atoms with Crippen molar-refractivity contribution in [2.45, 2.75) is 25.4 Å². The lowest BCUT2D eigenvalue weighted by atomic mass is 10.1. The van der Waals surface area contributed by atoms with Crippen LogP contribution in [0.15, 0.2) is 24.3 Å². The van der Waals surface area contributed by atoms with Crippen LogP contribution < -0.4 is 10.5 Å². The molecule has 0 amide bonds. The van der Waals surface area contributed by atoms with E-state index < -0.39 is 0 Å². The minimum Gasteiger partial charge on any atom is -0.496 e. The van der Waals surface area contributed by atoms with E-state index in [-0.39, 0.29) is 6.04 Å². The monoisotopic (exact) mass is 244 g/mol. The minimum absolute atomic E-state index is 0.00490. The van der Waals surface area contributed by atoms with Crippen LogP contribution in [0.4, 0.5) is 0 Å². The zero-order valence-electron chi connectivity index (χ0n) is 10.3. The Hall–Kier alpha value is -1.88. The van der Waals surface area contributed by atoms with Gasteiger partial charge in [-0.1, -0.05) is 12.1 Å². The molecule has 5 heteroatoms. The molecule has 1 aromatic heterocycles. The lowest BCUT2D eigenvalue weighted by molar-refractivity contribution is 0.415. The number of para-hydroxylation sites is 1. The van der Waals surface area contributed by atoms with Crippen LogP contribution in [-0.2, 0) is 6.54 Å². The van der Waals surface area contributed by atoms with Crippen LogP contribution in [-0.4, -0.2) is 21.9 Å². The smallest absolute Gasteiger partial charge is 0.167 e. The van der Waals surface area contributed by atoms with Gasteiger partial charge in [0.05, 0.1) is 18.7 Å². The summed E-state index contributed by atoms with van der Waals surface area (Å²) in [5.74, 6) is 2.53. The first-order chi connectivity index (χ1) is 8.81. The molecule has 2 aromatic rings. The summed E-state index contributed by atoms with van der Waals surface area (Å²) in [7, 11) is 1.66. The van der Waals surface area contributed by atoms with Crippen molar-refractivity contribution in [1.29, 1.82) is 0 Å². The van der Waals surface area contributed by atoms with Gasteiger partial charge in [-0.15, -0.1) is 10.2 Å². The number of ether oxygens (including phenoxy) is 1. The number of nitrogens with zero attached hydrogens (tertiary/aromatic N) is 3. The summed E-state index contributed by atoms with van der Waals surface area (Å²) in [4.78, 5) is 0. The molecular weight excluding hydrogens is 228 g/mol. The van der Waals surface area contributed by atoms with Gasteiger partial charge in [0.1, 0.15) is 11.6 Å². The van der Waals surface area contributed by atoms with E-state index in [0.29, 0.717) is 0 Å². The molecule has 1 atom stereocenters. The maximum absolute atomic E-state index is 6.05. The Kier molecular flexibility index (Phi) is 2.76. The fraction of sp³-hybridized carbons (Fsp3) is 0.385. The first kappa shape index (κ1) is 11.2. The average molecular weight is 244 g/mol. The zero-order chi connectivity index (χ0) is 12.5. The molecule has 0 fully saturated rings. The predicted molar refractivity (Wildman–Crippen MR) is 68.2 cm³/mol. The second-order valence-corrected chi connectivity index (χ2v) is 4.48. The van der Waals surface area contributed by atoms with E-state index in [1.54, 1.807) is 7.11 Å². The van der Waals surface area contributed by atoms with Crippen molar-refractivity contribution >= 4 is 0 Å². The van der Waals surface area contributed by atoms with E-state index in [1.807, 2.05) is 24.3 Å². The highest BCUT2D eigenvalue weighted by Crippen LogP contribution is 2.32. The van der Waals surface area contributed by atoms with E-state index in [0.717, 1.165) is 42.3 Å². The molecule has 0 radical (unpaired) electrons. The molecule has 1 aliphatic heterocycles. The Morgan fingerprint density at radius 1 is 1.33 bits per heavy atom. The largest absolute Gasteiger partial charge is 0.496 e. The number of benzene rings is 1. The van der Waals surface area contributed by atoms with Crippen LogP contribution in [0.25, 0.3) is 11.4 Å².